The Morgan fingerprint density at radius 1 is 1.29 bits per heavy atom. The summed E-state index contributed by atoms with van der Waals surface area (Å²) in [5, 5.41) is 2.75. The van der Waals surface area contributed by atoms with Crippen molar-refractivity contribution in [3.05, 3.63) is 16.0 Å². The Morgan fingerprint density at radius 3 is 2.29 bits per heavy atom. The highest BCUT2D eigenvalue weighted by Crippen LogP contribution is 2.30. The number of nitrogens with zero attached hydrogens (tertiary/aromatic N) is 2. The molecule has 0 aliphatic carbocycles. The summed E-state index contributed by atoms with van der Waals surface area (Å²) < 4.78 is 37.5. The summed E-state index contributed by atoms with van der Waals surface area (Å²) in [5.41, 5.74) is 0.573. The third-order valence-corrected chi connectivity index (χ3v) is 2.85. The third-order valence-electron chi connectivity index (χ3n) is 2.07. The van der Waals surface area contributed by atoms with Crippen LogP contribution in [0.5, 0.6) is 0 Å². The average molecular weight is 312 g/mol. The molecule has 7 heteroatoms. The van der Waals surface area contributed by atoms with Gasteiger partial charge in [-0.15, -0.1) is 0 Å². The Balaban J connectivity index is 3.21. The second-order valence-corrected chi connectivity index (χ2v) is 4.68. The molecular formula is C10H13BrF3N3. The van der Waals surface area contributed by atoms with E-state index in [1.54, 1.807) is 7.05 Å². The molecule has 0 spiro atoms. The van der Waals surface area contributed by atoms with Gasteiger partial charge in [0.1, 0.15) is 18.1 Å². The summed E-state index contributed by atoms with van der Waals surface area (Å²) in [7, 11) is 1.61. The third kappa shape index (κ3) is 3.83. The van der Waals surface area contributed by atoms with Crippen molar-refractivity contribution >= 4 is 21.7 Å². The summed E-state index contributed by atoms with van der Waals surface area (Å²) in [6.07, 6.45) is -5.41. The van der Waals surface area contributed by atoms with Gasteiger partial charge in [0, 0.05) is 7.05 Å². The molecular weight excluding hydrogens is 299 g/mol. The van der Waals surface area contributed by atoms with Crippen molar-refractivity contribution < 1.29 is 13.2 Å². The van der Waals surface area contributed by atoms with Crippen molar-refractivity contribution in [2.24, 2.45) is 0 Å². The standard InChI is InChI=1S/C10H13BrF3N3/c1-5(2)8-7(11)9(15-3)17-6(16-8)4-10(12,13)14/h5H,4H2,1-3H3,(H,15,16,17). The molecule has 1 aromatic rings. The Hall–Kier alpha value is -0.850. The number of nitrogens with one attached hydrogen (secondary N) is 1. The molecule has 0 saturated carbocycles. The van der Waals surface area contributed by atoms with Gasteiger partial charge < -0.3 is 5.32 Å². The van der Waals surface area contributed by atoms with Crippen LogP contribution >= 0.6 is 15.9 Å². The average Bonchev–Trinajstić information content (AvgIpc) is 2.17. The number of rotatable bonds is 3. The lowest BCUT2D eigenvalue weighted by Gasteiger charge is -2.14. The Morgan fingerprint density at radius 2 is 1.88 bits per heavy atom. The number of hydrogen-bond acceptors (Lipinski definition) is 3. The van der Waals surface area contributed by atoms with Crippen molar-refractivity contribution in [3.63, 3.8) is 0 Å². The summed E-state index contributed by atoms with van der Waals surface area (Å²) in [6.45, 7) is 3.73. The molecule has 0 bridgehead atoms. The van der Waals surface area contributed by atoms with Crippen LogP contribution in [0.3, 0.4) is 0 Å². The molecule has 0 fully saturated rings. The van der Waals surface area contributed by atoms with E-state index in [1.165, 1.54) is 0 Å². The quantitative estimate of drug-likeness (QED) is 0.928. The number of halogens is 4. The number of alkyl halides is 3. The Kier molecular flexibility index (Phi) is 4.35. The first kappa shape index (κ1) is 14.2. The molecule has 0 aliphatic rings. The van der Waals surface area contributed by atoms with E-state index in [2.05, 4.69) is 31.2 Å². The number of aromatic nitrogens is 2. The monoisotopic (exact) mass is 311 g/mol. The SMILES string of the molecule is CNc1nc(CC(F)(F)F)nc(C(C)C)c1Br. The van der Waals surface area contributed by atoms with Crippen LogP contribution in [0.25, 0.3) is 0 Å². The minimum absolute atomic E-state index is 0.0199. The second kappa shape index (κ2) is 5.20. The van der Waals surface area contributed by atoms with Crippen LogP contribution in [0.4, 0.5) is 19.0 Å². The minimum Gasteiger partial charge on any atom is -0.372 e. The Bertz CT molecular complexity index is 405. The molecule has 96 valence electrons. The predicted molar refractivity (Wildman–Crippen MR) is 63.1 cm³/mol. The summed E-state index contributed by atoms with van der Waals surface area (Å²) in [4.78, 5) is 7.78. The van der Waals surface area contributed by atoms with Gasteiger partial charge in [0.05, 0.1) is 10.2 Å². The number of hydrogen-bond donors (Lipinski definition) is 1. The molecule has 0 unspecified atom stereocenters. The van der Waals surface area contributed by atoms with E-state index in [1.807, 2.05) is 13.8 Å². The fourth-order valence-electron chi connectivity index (χ4n) is 1.32. The molecule has 0 aromatic carbocycles. The minimum atomic E-state index is -4.30. The molecule has 1 rings (SSSR count). The highest BCUT2D eigenvalue weighted by Gasteiger charge is 2.30. The number of anilines is 1. The van der Waals surface area contributed by atoms with Gasteiger partial charge >= 0.3 is 6.18 Å². The smallest absolute Gasteiger partial charge is 0.372 e. The van der Waals surface area contributed by atoms with Gasteiger partial charge in [-0.25, -0.2) is 9.97 Å². The van der Waals surface area contributed by atoms with Crippen LogP contribution < -0.4 is 5.32 Å². The maximum Gasteiger partial charge on any atom is 0.396 e. The fourth-order valence-corrected chi connectivity index (χ4v) is 2.15. The van der Waals surface area contributed by atoms with Crippen LogP contribution in [-0.2, 0) is 6.42 Å². The van der Waals surface area contributed by atoms with Gasteiger partial charge in [-0.2, -0.15) is 13.2 Å². The van der Waals surface area contributed by atoms with E-state index >= 15 is 0 Å². The first-order valence-corrected chi connectivity index (χ1v) is 5.84. The van der Waals surface area contributed by atoms with E-state index in [4.69, 9.17) is 0 Å². The Labute approximate surface area is 106 Å². The van der Waals surface area contributed by atoms with Crippen LogP contribution in [0, 0.1) is 0 Å². The first-order chi connectivity index (χ1) is 7.74. The molecule has 17 heavy (non-hydrogen) atoms. The van der Waals surface area contributed by atoms with Crippen molar-refractivity contribution in [1.29, 1.82) is 0 Å². The van der Waals surface area contributed by atoms with Gasteiger partial charge in [0.25, 0.3) is 0 Å². The van der Waals surface area contributed by atoms with Gasteiger partial charge in [-0.05, 0) is 21.8 Å². The molecule has 0 radical (unpaired) electrons. The first-order valence-electron chi connectivity index (χ1n) is 5.05. The van der Waals surface area contributed by atoms with Crippen LogP contribution in [0.15, 0.2) is 4.47 Å². The highest BCUT2D eigenvalue weighted by atomic mass is 79.9. The van der Waals surface area contributed by atoms with E-state index < -0.39 is 12.6 Å². The second-order valence-electron chi connectivity index (χ2n) is 3.88. The lowest BCUT2D eigenvalue weighted by atomic mass is 10.1. The molecule has 0 atom stereocenters. The molecule has 1 N–H and O–H groups in total. The van der Waals surface area contributed by atoms with Crippen LogP contribution in [-0.4, -0.2) is 23.2 Å². The lowest BCUT2D eigenvalue weighted by molar-refractivity contribution is -0.128. The van der Waals surface area contributed by atoms with E-state index in [9.17, 15) is 13.2 Å². The maximum atomic E-state index is 12.3. The van der Waals surface area contributed by atoms with E-state index in [0.29, 0.717) is 16.0 Å². The lowest BCUT2D eigenvalue weighted by Crippen LogP contribution is -2.16. The highest BCUT2D eigenvalue weighted by molar-refractivity contribution is 9.10. The van der Waals surface area contributed by atoms with Crippen molar-refractivity contribution in [1.82, 2.24) is 9.97 Å². The maximum absolute atomic E-state index is 12.3. The summed E-state index contributed by atoms with van der Waals surface area (Å²) >= 11 is 3.29. The van der Waals surface area contributed by atoms with Crippen LogP contribution in [0.1, 0.15) is 31.3 Å². The van der Waals surface area contributed by atoms with Gasteiger partial charge in [0.2, 0.25) is 0 Å². The van der Waals surface area contributed by atoms with Gasteiger partial charge in [-0.3, -0.25) is 0 Å². The zero-order valence-electron chi connectivity index (χ0n) is 9.69. The zero-order valence-corrected chi connectivity index (χ0v) is 11.3. The predicted octanol–water partition coefficient (Wildman–Crippen LogP) is 3.51. The normalized spacial score (nSPS) is 12.0. The fraction of sp³-hybridized carbons (Fsp3) is 0.600. The molecule has 0 amide bonds. The van der Waals surface area contributed by atoms with Gasteiger partial charge in [-0.1, -0.05) is 13.8 Å². The molecule has 0 saturated heterocycles. The molecule has 1 heterocycles. The zero-order chi connectivity index (χ0) is 13.2. The van der Waals surface area contributed by atoms with E-state index in [0.717, 1.165) is 0 Å². The molecule has 0 aliphatic heterocycles. The summed E-state index contributed by atoms with van der Waals surface area (Å²) in [5.74, 6) is 0.183. The van der Waals surface area contributed by atoms with Crippen molar-refractivity contribution in [2.45, 2.75) is 32.4 Å². The largest absolute Gasteiger partial charge is 0.396 e. The van der Waals surface area contributed by atoms with Gasteiger partial charge in [0.15, 0.2) is 0 Å². The topological polar surface area (TPSA) is 37.8 Å². The molecule has 1 aromatic heterocycles. The van der Waals surface area contributed by atoms with Crippen molar-refractivity contribution in [2.75, 3.05) is 12.4 Å². The molecule has 3 nitrogen and oxygen atoms in total. The van der Waals surface area contributed by atoms with Crippen molar-refractivity contribution in [3.8, 4) is 0 Å². The summed E-state index contributed by atoms with van der Waals surface area (Å²) in [6, 6.07) is 0. The van der Waals surface area contributed by atoms with E-state index in [-0.39, 0.29) is 11.7 Å². The van der Waals surface area contributed by atoms with Crippen LogP contribution in [0.2, 0.25) is 0 Å².